The third kappa shape index (κ3) is 2.04. The van der Waals surface area contributed by atoms with Gasteiger partial charge in [-0.1, -0.05) is 20.8 Å². The molecule has 0 radical (unpaired) electrons. The Kier molecular flexibility index (Phi) is 3.39. The maximum atomic E-state index is 3.93. The Morgan fingerprint density at radius 3 is 2.63 bits per heavy atom. The van der Waals surface area contributed by atoms with E-state index in [-0.39, 0.29) is 0 Å². The molecule has 3 rings (SSSR count). The van der Waals surface area contributed by atoms with Crippen LogP contribution in [-0.4, -0.2) is 6.04 Å². The maximum Gasteiger partial charge on any atom is 0.0388 e. The van der Waals surface area contributed by atoms with Crippen LogP contribution >= 0.6 is 27.3 Å². The number of hydrogen-bond acceptors (Lipinski definition) is 2. The van der Waals surface area contributed by atoms with E-state index in [9.17, 15) is 0 Å². The first kappa shape index (κ1) is 14.1. The molecule has 1 heterocycles. The lowest BCUT2D eigenvalue weighted by molar-refractivity contribution is 0.116. The van der Waals surface area contributed by atoms with E-state index in [0.717, 1.165) is 5.92 Å². The Bertz CT molecular complexity index is 481. The minimum atomic E-state index is 0.466. The van der Waals surface area contributed by atoms with Crippen molar-refractivity contribution in [3.63, 3.8) is 0 Å². The van der Waals surface area contributed by atoms with Gasteiger partial charge in [-0.3, -0.25) is 0 Å². The SMILES string of the molecule is CC(NC1CC2CCC1(C)C2(C)C)c1cc(Br)cs1. The third-order valence-corrected chi connectivity index (χ3v) is 8.14. The summed E-state index contributed by atoms with van der Waals surface area (Å²) in [6.45, 7) is 9.78. The number of nitrogens with one attached hydrogen (secondary N) is 1. The van der Waals surface area contributed by atoms with E-state index in [2.05, 4.69) is 60.4 Å². The van der Waals surface area contributed by atoms with E-state index >= 15 is 0 Å². The summed E-state index contributed by atoms with van der Waals surface area (Å²) < 4.78 is 1.21. The van der Waals surface area contributed by atoms with Gasteiger partial charge in [0.2, 0.25) is 0 Å². The number of halogens is 1. The number of thiophene rings is 1. The monoisotopic (exact) mass is 341 g/mol. The zero-order valence-electron chi connectivity index (χ0n) is 12.3. The summed E-state index contributed by atoms with van der Waals surface area (Å²) in [5.74, 6) is 0.914. The zero-order chi connectivity index (χ0) is 13.8. The number of fused-ring (bicyclic) bond motifs is 2. The smallest absolute Gasteiger partial charge is 0.0388 e. The summed E-state index contributed by atoms with van der Waals surface area (Å²) in [7, 11) is 0. The molecule has 1 aromatic heterocycles. The molecule has 0 saturated heterocycles. The molecule has 4 atom stereocenters. The lowest BCUT2D eigenvalue weighted by Crippen LogP contribution is -2.45. The van der Waals surface area contributed by atoms with E-state index in [0.29, 0.717) is 22.9 Å². The van der Waals surface area contributed by atoms with Crippen LogP contribution in [0.3, 0.4) is 0 Å². The van der Waals surface area contributed by atoms with Crippen LogP contribution < -0.4 is 5.32 Å². The Morgan fingerprint density at radius 2 is 2.16 bits per heavy atom. The van der Waals surface area contributed by atoms with E-state index in [1.807, 2.05) is 11.3 Å². The molecule has 1 nitrogen and oxygen atoms in total. The molecule has 0 spiro atoms. The van der Waals surface area contributed by atoms with Crippen LogP contribution in [0.25, 0.3) is 0 Å². The molecule has 3 heteroatoms. The lowest BCUT2D eigenvalue weighted by atomic mass is 9.69. The Labute approximate surface area is 129 Å². The van der Waals surface area contributed by atoms with Crippen LogP contribution in [0.4, 0.5) is 0 Å². The lowest BCUT2D eigenvalue weighted by Gasteiger charge is -2.40. The van der Waals surface area contributed by atoms with Crippen LogP contribution in [0.2, 0.25) is 0 Å². The van der Waals surface area contributed by atoms with Crippen molar-refractivity contribution in [3.8, 4) is 0 Å². The molecule has 2 aliphatic carbocycles. The summed E-state index contributed by atoms with van der Waals surface area (Å²) in [6.07, 6.45) is 4.18. The molecule has 2 bridgehead atoms. The van der Waals surface area contributed by atoms with Gasteiger partial charge < -0.3 is 5.32 Å². The van der Waals surface area contributed by atoms with Gasteiger partial charge in [-0.05, 0) is 64.9 Å². The molecule has 2 saturated carbocycles. The molecule has 106 valence electrons. The highest BCUT2D eigenvalue weighted by Gasteiger charge is 2.61. The summed E-state index contributed by atoms with van der Waals surface area (Å²) in [6, 6.07) is 3.40. The molecule has 0 aliphatic heterocycles. The normalized spacial score (nSPS) is 37.7. The molecule has 1 aromatic rings. The molecule has 4 unspecified atom stereocenters. The minimum Gasteiger partial charge on any atom is -0.306 e. The summed E-state index contributed by atoms with van der Waals surface area (Å²) >= 11 is 5.41. The summed E-state index contributed by atoms with van der Waals surface area (Å²) in [5.41, 5.74) is 0.973. The second-order valence-electron chi connectivity index (χ2n) is 7.22. The fourth-order valence-electron chi connectivity index (χ4n) is 4.40. The van der Waals surface area contributed by atoms with Gasteiger partial charge in [-0.25, -0.2) is 0 Å². The van der Waals surface area contributed by atoms with Crippen LogP contribution in [0.15, 0.2) is 15.9 Å². The average Bonchev–Trinajstić information content (AvgIpc) is 2.91. The first-order chi connectivity index (χ1) is 8.84. The maximum absolute atomic E-state index is 3.93. The van der Waals surface area contributed by atoms with Gasteiger partial charge in [0.05, 0.1) is 0 Å². The van der Waals surface area contributed by atoms with Crippen molar-refractivity contribution in [2.75, 3.05) is 0 Å². The first-order valence-corrected chi connectivity index (χ1v) is 9.02. The molecule has 0 amide bonds. The summed E-state index contributed by atoms with van der Waals surface area (Å²) in [5, 5.41) is 6.11. The largest absolute Gasteiger partial charge is 0.306 e. The van der Waals surface area contributed by atoms with Crippen LogP contribution in [0.5, 0.6) is 0 Å². The van der Waals surface area contributed by atoms with Gasteiger partial charge in [0.1, 0.15) is 0 Å². The topological polar surface area (TPSA) is 12.0 Å². The van der Waals surface area contributed by atoms with Gasteiger partial charge in [-0.15, -0.1) is 11.3 Å². The standard InChI is InChI=1S/C16H24BrNS/c1-10(13-8-12(17)9-19-13)18-14-7-11-5-6-16(14,4)15(11,2)3/h8-11,14,18H,5-7H2,1-4H3. The predicted molar refractivity (Wildman–Crippen MR) is 86.6 cm³/mol. The van der Waals surface area contributed by atoms with Crippen LogP contribution in [0, 0.1) is 16.7 Å². The molecule has 0 aromatic carbocycles. The van der Waals surface area contributed by atoms with Crippen molar-refractivity contribution in [2.45, 2.75) is 59.0 Å². The minimum absolute atomic E-state index is 0.466. The highest BCUT2D eigenvalue weighted by Crippen LogP contribution is 2.65. The number of hydrogen-bond donors (Lipinski definition) is 1. The van der Waals surface area contributed by atoms with Gasteiger partial charge in [0, 0.05) is 26.8 Å². The number of rotatable bonds is 3. The van der Waals surface area contributed by atoms with Crippen molar-refractivity contribution in [3.05, 3.63) is 20.8 Å². The Morgan fingerprint density at radius 1 is 1.42 bits per heavy atom. The zero-order valence-corrected chi connectivity index (χ0v) is 14.7. The van der Waals surface area contributed by atoms with Gasteiger partial charge in [-0.2, -0.15) is 0 Å². The van der Waals surface area contributed by atoms with Crippen molar-refractivity contribution in [1.82, 2.24) is 5.32 Å². The average molecular weight is 342 g/mol. The van der Waals surface area contributed by atoms with Crippen molar-refractivity contribution in [2.24, 2.45) is 16.7 Å². The molecule has 2 aliphatic rings. The predicted octanol–water partition coefficient (Wildman–Crippen LogP) is 5.38. The molecule has 19 heavy (non-hydrogen) atoms. The fourth-order valence-corrected chi connectivity index (χ4v) is 5.86. The highest BCUT2D eigenvalue weighted by molar-refractivity contribution is 9.10. The van der Waals surface area contributed by atoms with E-state index < -0.39 is 0 Å². The van der Waals surface area contributed by atoms with Gasteiger partial charge >= 0.3 is 0 Å². The quantitative estimate of drug-likeness (QED) is 0.778. The molecule has 1 N–H and O–H groups in total. The van der Waals surface area contributed by atoms with Crippen molar-refractivity contribution < 1.29 is 0 Å². The second-order valence-corrected chi connectivity index (χ2v) is 9.08. The highest BCUT2D eigenvalue weighted by atomic mass is 79.9. The third-order valence-electron chi connectivity index (χ3n) is 6.26. The molecular formula is C16H24BrNS. The van der Waals surface area contributed by atoms with Crippen molar-refractivity contribution in [1.29, 1.82) is 0 Å². The fraction of sp³-hybridized carbons (Fsp3) is 0.750. The van der Waals surface area contributed by atoms with Gasteiger partial charge in [0.15, 0.2) is 0 Å². The first-order valence-electron chi connectivity index (χ1n) is 7.34. The molecule has 2 fully saturated rings. The molecular weight excluding hydrogens is 318 g/mol. The summed E-state index contributed by atoms with van der Waals surface area (Å²) in [4.78, 5) is 1.44. The van der Waals surface area contributed by atoms with Gasteiger partial charge in [0.25, 0.3) is 0 Å². The van der Waals surface area contributed by atoms with Crippen molar-refractivity contribution >= 4 is 27.3 Å². The van der Waals surface area contributed by atoms with Crippen LogP contribution in [0.1, 0.15) is 57.9 Å². The van der Waals surface area contributed by atoms with E-state index in [4.69, 9.17) is 0 Å². The second kappa shape index (κ2) is 4.57. The van der Waals surface area contributed by atoms with E-state index in [1.54, 1.807) is 0 Å². The van der Waals surface area contributed by atoms with E-state index in [1.165, 1.54) is 28.6 Å². The Balaban J connectivity index is 1.75. The van der Waals surface area contributed by atoms with Crippen LogP contribution in [-0.2, 0) is 0 Å². The Hall–Kier alpha value is 0.140.